The largest absolute Gasteiger partial charge is 0.444 e. The van der Waals surface area contributed by atoms with Gasteiger partial charge < -0.3 is 15.8 Å². The zero-order chi connectivity index (χ0) is 37.1. The molecule has 0 fully saturated rings. The zero-order valence-electron chi connectivity index (χ0n) is 32.3. The fraction of sp³-hybridized carbons (Fsp3) is 0.444. The zero-order valence-corrected chi connectivity index (χ0v) is 32.3. The molecule has 0 saturated heterocycles. The first-order chi connectivity index (χ1) is 24.4. The molecule has 0 aliphatic carbocycles. The van der Waals surface area contributed by atoms with E-state index >= 15 is 0 Å². The minimum atomic E-state index is -0.495. The summed E-state index contributed by atoms with van der Waals surface area (Å²) in [6, 6.07) is 43.0. The Balaban J connectivity index is 0.000000286. The second-order valence-electron chi connectivity index (χ2n) is 15.4. The van der Waals surface area contributed by atoms with Crippen molar-refractivity contribution in [3.05, 3.63) is 144 Å². The summed E-state index contributed by atoms with van der Waals surface area (Å²) in [7, 11) is 0. The molecule has 0 aliphatic heterocycles. The molecule has 0 heterocycles. The first-order valence-electron chi connectivity index (χ1n) is 18.7. The lowest BCUT2D eigenvalue weighted by molar-refractivity contribution is 0.0496. The maximum atomic E-state index is 12.2. The van der Waals surface area contributed by atoms with Gasteiger partial charge in [0.15, 0.2) is 0 Å². The maximum Gasteiger partial charge on any atom is 0.407 e. The SMILES string of the molecule is CC(C)C[C@H](CN)N(Cc1ccccc1)Cc1ccccc1.CC(C)C[C@H](CNC(=O)OC(C)(C)C)N(Cc1ccccc1)Cc1ccccc1. The Morgan fingerprint density at radius 3 is 1.20 bits per heavy atom. The molecule has 0 unspecified atom stereocenters. The molecule has 4 rings (SSSR count). The summed E-state index contributed by atoms with van der Waals surface area (Å²) >= 11 is 0. The Bertz CT molecular complexity index is 1390. The number of nitrogens with zero attached hydrogens (tertiary/aromatic N) is 2. The van der Waals surface area contributed by atoms with Crippen LogP contribution in [-0.2, 0) is 30.9 Å². The Morgan fingerprint density at radius 1 is 0.588 bits per heavy atom. The van der Waals surface area contributed by atoms with Crippen molar-refractivity contribution in [2.24, 2.45) is 17.6 Å². The predicted octanol–water partition coefficient (Wildman–Crippen LogP) is 9.69. The van der Waals surface area contributed by atoms with Crippen LogP contribution in [-0.4, -0.2) is 46.7 Å². The van der Waals surface area contributed by atoms with Crippen molar-refractivity contribution in [1.29, 1.82) is 0 Å². The fourth-order valence-electron chi connectivity index (χ4n) is 6.26. The Morgan fingerprint density at radius 2 is 0.902 bits per heavy atom. The summed E-state index contributed by atoms with van der Waals surface area (Å²) < 4.78 is 5.44. The molecule has 276 valence electrons. The number of nitrogens with one attached hydrogen (secondary N) is 1. The molecule has 4 aromatic carbocycles. The number of alkyl carbamates (subject to hydrolysis) is 1. The highest BCUT2D eigenvalue weighted by Crippen LogP contribution is 2.20. The molecule has 0 bridgehead atoms. The van der Waals surface area contributed by atoms with Gasteiger partial charge in [-0.15, -0.1) is 0 Å². The number of hydrogen-bond donors (Lipinski definition) is 2. The van der Waals surface area contributed by atoms with Gasteiger partial charge in [0.25, 0.3) is 0 Å². The molecular weight excluding hydrogens is 629 g/mol. The first-order valence-corrected chi connectivity index (χ1v) is 18.7. The van der Waals surface area contributed by atoms with Gasteiger partial charge >= 0.3 is 6.09 Å². The standard InChI is InChI=1S/C25H36N2O2.C20H28N2/c1-20(2)16-23(17-26-24(28)29-25(3,4)5)27(18-21-12-8-6-9-13-21)19-22-14-10-7-11-15-22;1-17(2)13-20(14-21)22(15-18-9-5-3-6-10-18)16-19-11-7-4-8-12-19/h6-15,20,23H,16-19H2,1-5H3,(H,26,28);3-12,17,20H,13-16,21H2,1-2H3/t23-;20-/m11/s1. The van der Waals surface area contributed by atoms with Crippen LogP contribution in [0.2, 0.25) is 0 Å². The molecule has 6 heteroatoms. The number of carbonyl (C=O) groups excluding carboxylic acids is 1. The van der Waals surface area contributed by atoms with Gasteiger partial charge in [0.05, 0.1) is 0 Å². The first kappa shape index (κ1) is 41.5. The number of carbonyl (C=O) groups is 1. The number of benzene rings is 4. The van der Waals surface area contributed by atoms with E-state index in [1.165, 1.54) is 22.3 Å². The van der Waals surface area contributed by atoms with Crippen molar-refractivity contribution in [3.8, 4) is 0 Å². The summed E-state index contributed by atoms with van der Waals surface area (Å²) in [4.78, 5) is 17.2. The summed E-state index contributed by atoms with van der Waals surface area (Å²) in [5, 5.41) is 2.99. The Labute approximate surface area is 309 Å². The van der Waals surface area contributed by atoms with Gasteiger partial charge in [0, 0.05) is 51.4 Å². The van der Waals surface area contributed by atoms with Crippen LogP contribution in [0.4, 0.5) is 4.79 Å². The van der Waals surface area contributed by atoms with E-state index in [1.54, 1.807) is 0 Å². The van der Waals surface area contributed by atoms with E-state index in [0.717, 1.165) is 39.0 Å². The van der Waals surface area contributed by atoms with Gasteiger partial charge in [-0.3, -0.25) is 9.80 Å². The summed E-state index contributed by atoms with van der Waals surface area (Å²) in [5.74, 6) is 1.18. The maximum absolute atomic E-state index is 12.2. The molecule has 3 N–H and O–H groups in total. The van der Waals surface area contributed by atoms with Crippen LogP contribution in [0.5, 0.6) is 0 Å². The second kappa shape index (κ2) is 22.1. The molecule has 51 heavy (non-hydrogen) atoms. The third-order valence-electron chi connectivity index (χ3n) is 8.59. The van der Waals surface area contributed by atoms with E-state index in [1.807, 2.05) is 32.9 Å². The van der Waals surface area contributed by atoms with Crippen LogP contribution in [0, 0.1) is 11.8 Å². The number of amides is 1. The highest BCUT2D eigenvalue weighted by atomic mass is 16.6. The lowest BCUT2D eigenvalue weighted by atomic mass is 10.0. The van der Waals surface area contributed by atoms with Crippen molar-refractivity contribution in [2.45, 2.75) is 105 Å². The Hall–Kier alpha value is -3.97. The van der Waals surface area contributed by atoms with Crippen LogP contribution in [0.1, 0.15) is 83.6 Å². The normalized spacial score (nSPS) is 12.8. The van der Waals surface area contributed by atoms with E-state index in [0.29, 0.717) is 31.0 Å². The van der Waals surface area contributed by atoms with Crippen molar-refractivity contribution >= 4 is 6.09 Å². The lowest BCUT2D eigenvalue weighted by Crippen LogP contribution is -2.45. The quantitative estimate of drug-likeness (QED) is 0.115. The molecule has 0 saturated carbocycles. The number of rotatable bonds is 17. The van der Waals surface area contributed by atoms with E-state index in [2.05, 4.69) is 152 Å². The van der Waals surface area contributed by atoms with Crippen LogP contribution in [0.3, 0.4) is 0 Å². The predicted molar refractivity (Wildman–Crippen MR) is 214 cm³/mol. The van der Waals surface area contributed by atoms with Gasteiger partial charge in [-0.2, -0.15) is 0 Å². The van der Waals surface area contributed by atoms with E-state index < -0.39 is 5.60 Å². The third kappa shape index (κ3) is 17.2. The molecule has 1 amide bonds. The van der Waals surface area contributed by atoms with Gasteiger partial charge in [-0.05, 0) is 67.7 Å². The molecule has 4 aromatic rings. The van der Waals surface area contributed by atoms with E-state index in [4.69, 9.17) is 10.5 Å². The molecular formula is C45H64N4O2. The summed E-state index contributed by atoms with van der Waals surface area (Å²) in [6.45, 7) is 19.5. The second-order valence-corrected chi connectivity index (χ2v) is 15.4. The minimum absolute atomic E-state index is 0.211. The lowest BCUT2D eigenvalue weighted by Gasteiger charge is -2.33. The van der Waals surface area contributed by atoms with Crippen LogP contribution in [0.25, 0.3) is 0 Å². The molecule has 0 radical (unpaired) electrons. The average Bonchev–Trinajstić information content (AvgIpc) is 3.09. The van der Waals surface area contributed by atoms with Gasteiger partial charge in [0.2, 0.25) is 0 Å². The monoisotopic (exact) mass is 693 g/mol. The highest BCUT2D eigenvalue weighted by Gasteiger charge is 2.23. The van der Waals surface area contributed by atoms with Crippen LogP contribution in [0.15, 0.2) is 121 Å². The fourth-order valence-corrected chi connectivity index (χ4v) is 6.26. The number of hydrogen-bond acceptors (Lipinski definition) is 5. The van der Waals surface area contributed by atoms with Gasteiger partial charge in [-0.1, -0.05) is 149 Å². The number of ether oxygens (including phenoxy) is 1. The Kier molecular flexibility index (Phi) is 17.9. The van der Waals surface area contributed by atoms with Gasteiger partial charge in [-0.25, -0.2) is 4.79 Å². The van der Waals surface area contributed by atoms with E-state index in [9.17, 15) is 4.79 Å². The van der Waals surface area contributed by atoms with Crippen molar-refractivity contribution in [1.82, 2.24) is 15.1 Å². The number of nitrogens with two attached hydrogens (primary N) is 1. The van der Waals surface area contributed by atoms with E-state index in [-0.39, 0.29) is 12.1 Å². The molecule has 0 spiro atoms. The topological polar surface area (TPSA) is 70.8 Å². The van der Waals surface area contributed by atoms with Crippen LogP contribution >= 0.6 is 0 Å². The molecule has 6 nitrogen and oxygen atoms in total. The molecule has 0 aliphatic rings. The van der Waals surface area contributed by atoms with Gasteiger partial charge in [0.1, 0.15) is 5.60 Å². The summed E-state index contributed by atoms with van der Waals surface area (Å²) in [5.41, 5.74) is 10.8. The van der Waals surface area contributed by atoms with Crippen molar-refractivity contribution < 1.29 is 9.53 Å². The van der Waals surface area contributed by atoms with Crippen molar-refractivity contribution in [3.63, 3.8) is 0 Å². The smallest absolute Gasteiger partial charge is 0.407 e. The minimum Gasteiger partial charge on any atom is -0.444 e. The van der Waals surface area contributed by atoms with Crippen molar-refractivity contribution in [2.75, 3.05) is 13.1 Å². The molecule has 2 atom stereocenters. The average molecular weight is 693 g/mol. The van der Waals surface area contributed by atoms with Crippen LogP contribution < -0.4 is 11.1 Å². The third-order valence-corrected chi connectivity index (χ3v) is 8.59. The molecule has 0 aromatic heterocycles. The highest BCUT2D eigenvalue weighted by molar-refractivity contribution is 5.67. The summed E-state index contributed by atoms with van der Waals surface area (Å²) in [6.07, 6.45) is 1.77.